The third-order valence-corrected chi connectivity index (χ3v) is 16.1. The fourth-order valence-corrected chi connectivity index (χ4v) is 10.9. The molecule has 0 saturated carbocycles. The van der Waals surface area contributed by atoms with Crippen LogP contribution < -0.4 is 4.90 Å². The molecule has 0 radical (unpaired) electrons. The summed E-state index contributed by atoms with van der Waals surface area (Å²) in [6, 6.07) is 61.4. The van der Waals surface area contributed by atoms with E-state index in [2.05, 4.69) is 15.2 Å². The van der Waals surface area contributed by atoms with E-state index in [4.69, 9.17) is 14.4 Å². The molecule has 0 unspecified atom stereocenters. The van der Waals surface area contributed by atoms with Crippen LogP contribution in [0.2, 0.25) is 0 Å². The van der Waals surface area contributed by atoms with Crippen LogP contribution in [0, 0.1) is 34.1 Å². The molecule has 0 aromatic heterocycles. The predicted molar refractivity (Wildman–Crippen MR) is 343 cm³/mol. The summed E-state index contributed by atoms with van der Waals surface area (Å²) in [7, 11) is 0. The van der Waals surface area contributed by atoms with Crippen molar-refractivity contribution >= 4 is 87.1 Å². The van der Waals surface area contributed by atoms with Crippen molar-refractivity contribution in [2.45, 2.75) is 47.3 Å². The van der Waals surface area contributed by atoms with Gasteiger partial charge in [0.1, 0.15) is 0 Å². The van der Waals surface area contributed by atoms with Crippen LogP contribution in [0.5, 0.6) is 0 Å². The fraction of sp³-hybridized carbons (Fsp3) is 0.114. The Morgan fingerprint density at radius 1 is 0.444 bits per heavy atom. The van der Waals surface area contributed by atoms with E-state index in [-0.39, 0.29) is 56.6 Å². The second kappa shape index (κ2) is 29.7. The molecule has 9 aromatic rings. The first kappa shape index (κ1) is 63.7. The third kappa shape index (κ3) is 16.4. The lowest BCUT2D eigenvalue weighted by molar-refractivity contribution is -0.385. The molecular weight excluding hydrogens is 1180 g/mol. The summed E-state index contributed by atoms with van der Waals surface area (Å²) in [5.41, 5.74) is 6.69. The molecule has 20 heteroatoms. The number of ketones is 4. The highest BCUT2D eigenvalue weighted by atomic mass is 32.2. The summed E-state index contributed by atoms with van der Waals surface area (Å²) in [6.07, 6.45) is 0. The number of non-ortho nitro benzene ring substituents is 2. The van der Waals surface area contributed by atoms with Gasteiger partial charge in [-0.3, -0.25) is 39.4 Å². The van der Waals surface area contributed by atoms with Crippen LogP contribution in [0.1, 0.15) is 88.7 Å². The molecule has 0 spiro atoms. The number of nitrogens with zero attached hydrogens (tertiary/aromatic N) is 5. The second-order valence-electron chi connectivity index (χ2n) is 20.3. The molecule has 0 amide bonds. The average molecular weight is 1240 g/mol. The standard InChI is InChI=1S/C36H26N2O6S.C34H29N3O7S/c1-23-8-17-30(38(42)43)22-33(23)34(37-44-24(2)39)36(41)29-15-20-32(21-16-29)45-31-18-13-28(14-19-31)35(40)27-11-9-26(10-12-27)25-6-4-3-5-7-25;1-22-3-10-28(37(41)42)21-31(22)32(35-44-23(2)38)34(40)26-8-15-30(16-9-26)45-29-13-6-25(7-14-29)33(39)24-4-11-27(12-5-24)36-17-19-43-20-18-36/h3-22H,1-2H3;3-16,21H,17-20H2,1-2H3/b37-34+;35-32+. The number of hydrogen-bond acceptors (Lipinski definition) is 18. The van der Waals surface area contributed by atoms with Crippen molar-refractivity contribution in [1.29, 1.82) is 0 Å². The van der Waals surface area contributed by atoms with Crippen LogP contribution in [0.3, 0.4) is 0 Å². The summed E-state index contributed by atoms with van der Waals surface area (Å²) in [5.74, 6) is -2.71. The number of benzene rings is 9. The minimum atomic E-state index is -0.733. The first-order valence-electron chi connectivity index (χ1n) is 27.9. The highest BCUT2D eigenvalue weighted by Crippen LogP contribution is 2.32. The largest absolute Gasteiger partial charge is 0.378 e. The maximum Gasteiger partial charge on any atom is 0.332 e. The van der Waals surface area contributed by atoms with Gasteiger partial charge >= 0.3 is 11.9 Å². The van der Waals surface area contributed by atoms with Crippen molar-refractivity contribution in [1.82, 2.24) is 0 Å². The van der Waals surface area contributed by atoms with E-state index in [0.717, 1.165) is 63.3 Å². The van der Waals surface area contributed by atoms with Gasteiger partial charge < -0.3 is 19.3 Å². The maximum atomic E-state index is 13.4. The summed E-state index contributed by atoms with van der Waals surface area (Å²) >= 11 is 2.91. The highest BCUT2D eigenvalue weighted by Gasteiger charge is 2.25. The normalized spacial score (nSPS) is 12.2. The zero-order valence-corrected chi connectivity index (χ0v) is 50.5. The van der Waals surface area contributed by atoms with Crippen LogP contribution in [0.4, 0.5) is 17.1 Å². The molecule has 0 bridgehead atoms. The van der Waals surface area contributed by atoms with Gasteiger partial charge in [-0.1, -0.05) is 101 Å². The number of rotatable bonds is 20. The summed E-state index contributed by atoms with van der Waals surface area (Å²) in [5, 5.41) is 30.2. The monoisotopic (exact) mass is 1240 g/mol. The number of aryl methyl sites for hydroxylation is 2. The Bertz CT molecular complexity index is 4230. The zero-order valence-electron chi connectivity index (χ0n) is 48.9. The maximum absolute atomic E-state index is 13.4. The van der Waals surface area contributed by atoms with E-state index in [0.29, 0.717) is 46.6 Å². The topological polar surface area (TPSA) is 244 Å². The molecule has 1 heterocycles. The lowest BCUT2D eigenvalue weighted by Crippen LogP contribution is -2.36. The number of anilines is 1. The molecule has 0 aliphatic carbocycles. The van der Waals surface area contributed by atoms with Crippen LogP contribution in [-0.2, 0) is 24.0 Å². The van der Waals surface area contributed by atoms with Crippen LogP contribution in [-0.4, -0.2) is 82.6 Å². The number of hydrogen-bond donors (Lipinski definition) is 0. The molecule has 450 valence electrons. The number of morpholine rings is 1. The minimum absolute atomic E-state index is 0.0619. The molecule has 1 saturated heterocycles. The van der Waals surface area contributed by atoms with E-state index in [1.807, 2.05) is 103 Å². The summed E-state index contributed by atoms with van der Waals surface area (Å²) in [6.45, 7) is 8.69. The van der Waals surface area contributed by atoms with Gasteiger partial charge in [-0.25, -0.2) is 9.59 Å². The number of nitro benzene ring substituents is 2. The Kier molecular flexibility index (Phi) is 21.0. The van der Waals surface area contributed by atoms with Gasteiger partial charge in [-0.2, -0.15) is 0 Å². The summed E-state index contributed by atoms with van der Waals surface area (Å²) in [4.78, 5) is 113. The van der Waals surface area contributed by atoms with Gasteiger partial charge in [-0.15, -0.1) is 0 Å². The molecule has 18 nitrogen and oxygen atoms in total. The van der Waals surface area contributed by atoms with Gasteiger partial charge in [0.05, 0.1) is 23.1 Å². The second-order valence-corrected chi connectivity index (χ2v) is 22.6. The van der Waals surface area contributed by atoms with E-state index >= 15 is 0 Å². The van der Waals surface area contributed by atoms with Crippen molar-refractivity contribution in [3.05, 3.63) is 288 Å². The lowest BCUT2D eigenvalue weighted by atomic mass is 9.97. The number of nitro groups is 2. The van der Waals surface area contributed by atoms with Crippen molar-refractivity contribution in [3.63, 3.8) is 0 Å². The number of oxime groups is 2. The van der Waals surface area contributed by atoms with Crippen molar-refractivity contribution in [2.75, 3.05) is 31.2 Å². The molecule has 1 aliphatic heterocycles. The first-order valence-corrected chi connectivity index (χ1v) is 29.6. The Morgan fingerprint density at radius 2 is 0.778 bits per heavy atom. The number of Topliss-reactive ketones (excluding diaryl/α,β-unsaturated/α-hetero) is 2. The highest BCUT2D eigenvalue weighted by molar-refractivity contribution is 7.99. The fourth-order valence-electron chi connectivity index (χ4n) is 9.27. The van der Waals surface area contributed by atoms with E-state index in [1.165, 1.54) is 59.9 Å². The SMILES string of the molecule is CC(=O)O/N=C(/C(=O)c1ccc(Sc2ccc(C(=O)c3ccc(-c4ccccc4)cc3)cc2)cc1)c1cc([N+](=O)[O-])ccc1C.CC(=O)O/N=C(/C(=O)c1ccc(Sc2ccc(C(=O)c3ccc(N4CCOCC4)cc3)cc2)cc1)c1cc([N+](=O)[O-])ccc1C. The number of carbonyl (C=O) groups excluding carboxylic acids is 6. The first-order chi connectivity index (χ1) is 43.4. The lowest BCUT2D eigenvalue weighted by Gasteiger charge is -2.28. The van der Waals surface area contributed by atoms with Gasteiger partial charge in [-0.05, 0) is 157 Å². The van der Waals surface area contributed by atoms with Gasteiger partial charge in [0.2, 0.25) is 11.6 Å². The van der Waals surface area contributed by atoms with E-state index in [9.17, 15) is 49.0 Å². The minimum Gasteiger partial charge on any atom is -0.378 e. The number of ether oxygens (including phenoxy) is 1. The van der Waals surface area contributed by atoms with Crippen LogP contribution in [0.15, 0.2) is 242 Å². The summed E-state index contributed by atoms with van der Waals surface area (Å²) < 4.78 is 5.41. The van der Waals surface area contributed by atoms with Gasteiger partial charge in [0.25, 0.3) is 11.4 Å². The van der Waals surface area contributed by atoms with Crippen molar-refractivity contribution in [3.8, 4) is 11.1 Å². The quantitative estimate of drug-likeness (QED) is 0.0226. The Labute approximate surface area is 525 Å². The molecule has 1 aliphatic rings. The predicted octanol–water partition coefficient (Wildman–Crippen LogP) is 14.4. The Morgan fingerprint density at radius 3 is 1.13 bits per heavy atom. The Hall–Kier alpha value is -10.8. The molecule has 9 aromatic carbocycles. The molecule has 10 rings (SSSR count). The molecule has 90 heavy (non-hydrogen) atoms. The van der Waals surface area contributed by atoms with Crippen LogP contribution in [0.25, 0.3) is 11.1 Å². The van der Waals surface area contributed by atoms with Crippen LogP contribution >= 0.6 is 23.5 Å². The molecule has 0 atom stereocenters. The van der Waals surface area contributed by atoms with Crippen molar-refractivity contribution < 1.29 is 53.0 Å². The average Bonchev–Trinajstić information content (AvgIpc) is 0.975. The number of carbonyl (C=O) groups is 6. The van der Waals surface area contributed by atoms with Gasteiger partial charge in [0, 0.05) is 121 Å². The smallest absolute Gasteiger partial charge is 0.332 e. The molecule has 1 fully saturated rings. The zero-order chi connectivity index (χ0) is 63.8. The van der Waals surface area contributed by atoms with E-state index < -0.39 is 33.4 Å². The Balaban J connectivity index is 0.000000213. The molecular formula is C70H55N5O13S2. The van der Waals surface area contributed by atoms with Gasteiger partial charge in [0.15, 0.2) is 23.0 Å². The van der Waals surface area contributed by atoms with E-state index in [1.54, 1.807) is 86.6 Å². The van der Waals surface area contributed by atoms with Crippen molar-refractivity contribution in [2.24, 2.45) is 10.3 Å². The molecule has 0 N–H and O–H groups in total. The third-order valence-electron chi connectivity index (χ3n) is 14.0.